The molecule has 4 aromatic heterocycles. The number of carbonyl (C=O) groups excluding carboxylic acids is 1. The molecule has 4 rings (SSSR count). The van der Waals surface area contributed by atoms with Gasteiger partial charge >= 0.3 is 0 Å². The van der Waals surface area contributed by atoms with Gasteiger partial charge in [0.05, 0.1) is 46.4 Å². The third kappa shape index (κ3) is 5.32. The molecule has 1 amide bonds. The lowest BCUT2D eigenvalue weighted by Gasteiger charge is -2.22. The molecule has 1 atom stereocenters. The number of aliphatic hydroxyl groups is 1. The number of nitrogens with zero attached hydrogens (tertiary/aromatic N) is 6. The molecule has 4 heterocycles. The fourth-order valence-corrected chi connectivity index (χ4v) is 4.17. The van der Waals surface area contributed by atoms with E-state index in [4.69, 9.17) is 5.26 Å². The Balaban J connectivity index is 1.63. The largest absolute Gasteiger partial charge is 0.387 e. The number of amides is 1. The van der Waals surface area contributed by atoms with Crippen LogP contribution < -0.4 is 10.6 Å². The minimum absolute atomic E-state index is 0.0719. The number of pyridine rings is 1. The number of anilines is 1. The van der Waals surface area contributed by atoms with Gasteiger partial charge in [-0.25, -0.2) is 8.91 Å². The zero-order valence-electron chi connectivity index (χ0n) is 20.2. The number of fused-ring (bicyclic) bond motifs is 1. The highest BCUT2D eigenvalue weighted by Crippen LogP contribution is 2.33. The minimum Gasteiger partial charge on any atom is -0.387 e. The smallest absolute Gasteiger partial charge is 0.282 e. The van der Waals surface area contributed by atoms with Crippen molar-refractivity contribution in [3.05, 3.63) is 47.2 Å². The molecule has 36 heavy (non-hydrogen) atoms. The summed E-state index contributed by atoms with van der Waals surface area (Å²) in [6, 6.07) is 9.54. The molecule has 0 aromatic carbocycles. The third-order valence-corrected chi connectivity index (χ3v) is 6.25. The van der Waals surface area contributed by atoms with Gasteiger partial charge < -0.3 is 15.7 Å². The van der Waals surface area contributed by atoms with Gasteiger partial charge in [-0.2, -0.15) is 10.4 Å². The quantitative estimate of drug-likeness (QED) is 0.329. The SMILES string of the molecule is CC(C)Nc1cc(-c2ccc3cc(C#N)cnn23)ncc1-c1nnc(C(=O)NCC(F)C(C)(C)O)s1. The van der Waals surface area contributed by atoms with Crippen LogP contribution >= 0.6 is 11.3 Å². The van der Waals surface area contributed by atoms with Crippen molar-refractivity contribution in [1.29, 1.82) is 5.26 Å². The number of aromatic nitrogens is 5. The number of hydrogen-bond acceptors (Lipinski definition) is 9. The van der Waals surface area contributed by atoms with Gasteiger partial charge in [-0.05, 0) is 52.0 Å². The van der Waals surface area contributed by atoms with Crippen molar-refractivity contribution in [3.8, 4) is 28.0 Å². The molecule has 0 saturated heterocycles. The molecule has 0 saturated carbocycles. The van der Waals surface area contributed by atoms with Crippen LogP contribution in [0.4, 0.5) is 10.1 Å². The summed E-state index contributed by atoms with van der Waals surface area (Å²) in [6.45, 7) is 6.32. The minimum atomic E-state index is -1.63. The van der Waals surface area contributed by atoms with E-state index in [1.54, 1.807) is 16.8 Å². The van der Waals surface area contributed by atoms with E-state index in [1.807, 2.05) is 32.0 Å². The van der Waals surface area contributed by atoms with Crippen molar-refractivity contribution in [2.45, 2.75) is 45.5 Å². The summed E-state index contributed by atoms with van der Waals surface area (Å²) < 4.78 is 15.7. The van der Waals surface area contributed by atoms with Crippen molar-refractivity contribution >= 4 is 28.4 Å². The molecule has 0 radical (unpaired) electrons. The predicted molar refractivity (Wildman–Crippen MR) is 134 cm³/mol. The van der Waals surface area contributed by atoms with Crippen LogP contribution in [0.1, 0.15) is 43.1 Å². The predicted octanol–water partition coefficient (Wildman–Crippen LogP) is 3.45. The molecule has 0 spiro atoms. The zero-order valence-corrected chi connectivity index (χ0v) is 21.0. The van der Waals surface area contributed by atoms with Crippen LogP contribution in [0, 0.1) is 11.3 Å². The van der Waals surface area contributed by atoms with Crippen LogP contribution in [-0.2, 0) is 0 Å². The van der Waals surface area contributed by atoms with Gasteiger partial charge in [0.25, 0.3) is 5.91 Å². The van der Waals surface area contributed by atoms with E-state index in [-0.39, 0.29) is 17.6 Å². The lowest BCUT2D eigenvalue weighted by molar-refractivity contribution is -0.00178. The highest BCUT2D eigenvalue weighted by molar-refractivity contribution is 7.16. The number of hydrogen-bond donors (Lipinski definition) is 3. The molecule has 1 unspecified atom stereocenters. The highest BCUT2D eigenvalue weighted by Gasteiger charge is 2.27. The summed E-state index contributed by atoms with van der Waals surface area (Å²) in [5.41, 5.74) is 2.48. The lowest BCUT2D eigenvalue weighted by Crippen LogP contribution is -2.42. The molecule has 0 bridgehead atoms. The van der Waals surface area contributed by atoms with E-state index in [0.717, 1.165) is 28.2 Å². The second kappa shape index (κ2) is 9.96. The Kier molecular flexibility index (Phi) is 6.96. The number of nitrogens with one attached hydrogen (secondary N) is 2. The van der Waals surface area contributed by atoms with Gasteiger partial charge in [0.2, 0.25) is 5.01 Å². The van der Waals surface area contributed by atoms with Crippen molar-refractivity contribution in [2.24, 2.45) is 0 Å². The van der Waals surface area contributed by atoms with Gasteiger partial charge in [-0.15, -0.1) is 10.2 Å². The molecule has 3 N–H and O–H groups in total. The summed E-state index contributed by atoms with van der Waals surface area (Å²) in [4.78, 5) is 17.0. The Labute approximate surface area is 210 Å². The van der Waals surface area contributed by atoms with Gasteiger partial charge in [0, 0.05) is 17.9 Å². The molecule has 0 aliphatic rings. The van der Waals surface area contributed by atoms with E-state index >= 15 is 0 Å². The molecule has 10 nitrogen and oxygen atoms in total. The summed E-state index contributed by atoms with van der Waals surface area (Å²) in [5, 5.41) is 37.7. The first-order valence-electron chi connectivity index (χ1n) is 11.2. The maximum Gasteiger partial charge on any atom is 0.282 e. The average Bonchev–Trinajstić information content (AvgIpc) is 3.48. The Hall–Kier alpha value is -3.95. The molecular formula is C24H25FN8O2S. The third-order valence-electron chi connectivity index (χ3n) is 5.30. The van der Waals surface area contributed by atoms with Crippen molar-refractivity contribution in [3.63, 3.8) is 0 Å². The van der Waals surface area contributed by atoms with E-state index in [2.05, 4.69) is 37.0 Å². The van der Waals surface area contributed by atoms with E-state index < -0.39 is 17.7 Å². The lowest BCUT2D eigenvalue weighted by atomic mass is 10.0. The first-order valence-corrected chi connectivity index (χ1v) is 12.0. The van der Waals surface area contributed by atoms with Crippen LogP contribution in [0.15, 0.2) is 36.7 Å². The van der Waals surface area contributed by atoms with Crippen LogP contribution in [0.25, 0.3) is 27.5 Å². The van der Waals surface area contributed by atoms with Crippen molar-refractivity contribution in [2.75, 3.05) is 11.9 Å². The number of halogens is 1. The standard InChI is InChI=1S/C24H25FN8O2S/c1-13(2)30-17-8-18(19-6-5-15-7-14(9-26)10-29-33(15)19)27-11-16(17)22-31-32-23(36-22)21(34)28-12-20(25)24(3,4)35/h5-8,10-11,13,20,35H,12H2,1-4H3,(H,27,30)(H,28,34). The van der Waals surface area contributed by atoms with Crippen molar-refractivity contribution in [1.82, 2.24) is 30.1 Å². The molecular weight excluding hydrogens is 483 g/mol. The van der Waals surface area contributed by atoms with E-state index in [9.17, 15) is 14.3 Å². The molecule has 0 aliphatic heterocycles. The van der Waals surface area contributed by atoms with E-state index in [0.29, 0.717) is 21.8 Å². The number of nitriles is 1. The monoisotopic (exact) mass is 508 g/mol. The van der Waals surface area contributed by atoms with Crippen LogP contribution in [0.3, 0.4) is 0 Å². The van der Waals surface area contributed by atoms with Crippen LogP contribution in [0.5, 0.6) is 0 Å². The Morgan fingerprint density at radius 3 is 2.75 bits per heavy atom. The summed E-state index contributed by atoms with van der Waals surface area (Å²) in [5.74, 6) is -0.573. The molecule has 0 aliphatic carbocycles. The van der Waals surface area contributed by atoms with Gasteiger partial charge in [0.15, 0.2) is 5.01 Å². The maximum atomic E-state index is 14.0. The Morgan fingerprint density at radius 2 is 2.06 bits per heavy atom. The molecule has 4 aromatic rings. The number of carbonyl (C=O) groups is 1. The van der Waals surface area contributed by atoms with Gasteiger partial charge in [0.1, 0.15) is 12.2 Å². The van der Waals surface area contributed by atoms with Gasteiger partial charge in [-0.1, -0.05) is 11.3 Å². The topological polar surface area (TPSA) is 141 Å². The van der Waals surface area contributed by atoms with Crippen molar-refractivity contribution < 1.29 is 14.3 Å². The van der Waals surface area contributed by atoms with E-state index in [1.165, 1.54) is 20.0 Å². The zero-order chi connectivity index (χ0) is 26.0. The maximum absolute atomic E-state index is 14.0. The summed E-state index contributed by atoms with van der Waals surface area (Å²) in [6.07, 6.45) is 1.52. The van der Waals surface area contributed by atoms with Crippen LogP contribution in [-0.4, -0.2) is 60.2 Å². The second-order valence-electron chi connectivity index (χ2n) is 9.07. The normalized spacial score (nSPS) is 12.5. The molecule has 186 valence electrons. The number of alkyl halides is 1. The Bertz CT molecular complexity index is 1450. The van der Waals surface area contributed by atoms with Crippen LogP contribution in [0.2, 0.25) is 0 Å². The fourth-order valence-electron chi connectivity index (χ4n) is 3.38. The average molecular weight is 509 g/mol. The fraction of sp³-hybridized carbons (Fsp3) is 0.333. The van der Waals surface area contributed by atoms with Gasteiger partial charge in [-0.3, -0.25) is 9.78 Å². The second-order valence-corrected chi connectivity index (χ2v) is 10.0. The first-order chi connectivity index (χ1) is 17.1. The summed E-state index contributed by atoms with van der Waals surface area (Å²) >= 11 is 1.06. The Morgan fingerprint density at radius 1 is 1.28 bits per heavy atom. The summed E-state index contributed by atoms with van der Waals surface area (Å²) in [7, 11) is 0. The first kappa shape index (κ1) is 25.2. The highest BCUT2D eigenvalue weighted by atomic mass is 32.1. The molecule has 12 heteroatoms. The number of rotatable bonds is 8. The molecule has 0 fully saturated rings.